The first kappa shape index (κ1) is 13.3. The van der Waals surface area contributed by atoms with Gasteiger partial charge in [0, 0.05) is 12.3 Å². The lowest BCUT2D eigenvalue weighted by Gasteiger charge is -2.30. The molecule has 2 aliphatic rings. The molecule has 0 saturated heterocycles. The van der Waals surface area contributed by atoms with Crippen LogP contribution in [-0.2, 0) is 6.42 Å². The Morgan fingerprint density at radius 1 is 0.773 bits per heavy atom. The second-order valence-corrected chi connectivity index (χ2v) is 5.94. The minimum Gasteiger partial charge on any atom is -0.0761 e. The van der Waals surface area contributed by atoms with Crippen LogP contribution in [0.3, 0.4) is 0 Å². The summed E-state index contributed by atoms with van der Waals surface area (Å²) in [6, 6.07) is 19.8. The number of aryl methyl sites for hydroxylation is 1. The largest absolute Gasteiger partial charge is 0.0761 e. The van der Waals surface area contributed by atoms with Crippen molar-refractivity contribution < 1.29 is 0 Å². The quantitative estimate of drug-likeness (QED) is 0.648. The maximum atomic E-state index is 2.28. The van der Waals surface area contributed by atoms with E-state index in [1.807, 2.05) is 0 Å². The second-order valence-electron chi connectivity index (χ2n) is 5.94. The summed E-state index contributed by atoms with van der Waals surface area (Å²) < 4.78 is 0. The van der Waals surface area contributed by atoms with Crippen LogP contribution in [0.5, 0.6) is 0 Å². The SMILES string of the molecule is [CH]1C=CC=C/C1=C1\c2ccccc2CCC1c1ccccc1. The van der Waals surface area contributed by atoms with Gasteiger partial charge in [0.2, 0.25) is 0 Å². The van der Waals surface area contributed by atoms with Gasteiger partial charge in [0.05, 0.1) is 0 Å². The Kier molecular flexibility index (Phi) is 3.52. The summed E-state index contributed by atoms with van der Waals surface area (Å²) in [4.78, 5) is 0. The fourth-order valence-corrected chi connectivity index (χ4v) is 3.63. The van der Waals surface area contributed by atoms with Gasteiger partial charge in [0.1, 0.15) is 0 Å². The molecule has 0 aliphatic heterocycles. The van der Waals surface area contributed by atoms with Crippen molar-refractivity contribution in [3.05, 3.63) is 108 Å². The Morgan fingerprint density at radius 2 is 1.59 bits per heavy atom. The molecule has 0 aromatic heterocycles. The van der Waals surface area contributed by atoms with Crippen LogP contribution in [0, 0.1) is 6.42 Å². The van der Waals surface area contributed by atoms with E-state index in [1.54, 1.807) is 0 Å². The van der Waals surface area contributed by atoms with Crippen LogP contribution in [0.1, 0.15) is 29.0 Å². The third-order valence-electron chi connectivity index (χ3n) is 4.65. The molecule has 1 radical (unpaired) electrons. The maximum absolute atomic E-state index is 2.28. The lowest BCUT2D eigenvalue weighted by Crippen LogP contribution is -2.14. The predicted octanol–water partition coefficient (Wildman–Crippen LogP) is 5.50. The molecule has 2 aromatic carbocycles. The number of allylic oxidation sites excluding steroid dienone is 6. The number of rotatable bonds is 1. The van der Waals surface area contributed by atoms with Gasteiger partial charge in [-0.2, -0.15) is 0 Å². The van der Waals surface area contributed by atoms with E-state index in [9.17, 15) is 0 Å². The van der Waals surface area contributed by atoms with Crippen molar-refractivity contribution in [3.63, 3.8) is 0 Å². The fourth-order valence-electron chi connectivity index (χ4n) is 3.63. The van der Waals surface area contributed by atoms with Crippen LogP contribution in [0.25, 0.3) is 5.57 Å². The Hall–Kier alpha value is -2.34. The van der Waals surface area contributed by atoms with Crippen molar-refractivity contribution in [1.82, 2.24) is 0 Å². The zero-order valence-electron chi connectivity index (χ0n) is 12.6. The second kappa shape index (κ2) is 5.81. The minimum atomic E-state index is 0.485. The Bertz CT molecular complexity index is 760. The first-order valence-electron chi connectivity index (χ1n) is 7.99. The van der Waals surface area contributed by atoms with Gasteiger partial charge in [-0.15, -0.1) is 0 Å². The molecule has 0 heterocycles. The Morgan fingerprint density at radius 3 is 2.41 bits per heavy atom. The van der Waals surface area contributed by atoms with Crippen molar-refractivity contribution in [3.8, 4) is 0 Å². The zero-order valence-corrected chi connectivity index (χ0v) is 12.6. The molecule has 0 bridgehead atoms. The molecule has 1 atom stereocenters. The van der Waals surface area contributed by atoms with Gasteiger partial charge in [-0.25, -0.2) is 0 Å². The number of hydrogen-bond acceptors (Lipinski definition) is 0. The van der Waals surface area contributed by atoms with Gasteiger partial charge < -0.3 is 0 Å². The van der Waals surface area contributed by atoms with E-state index in [0.29, 0.717) is 5.92 Å². The van der Waals surface area contributed by atoms with Crippen LogP contribution >= 0.6 is 0 Å². The Labute approximate surface area is 132 Å². The molecule has 0 spiro atoms. The smallest absolute Gasteiger partial charge is 0.0128 e. The lowest BCUT2D eigenvalue weighted by atomic mass is 9.73. The highest BCUT2D eigenvalue weighted by Gasteiger charge is 2.27. The molecular formula is C22H19. The summed E-state index contributed by atoms with van der Waals surface area (Å²) >= 11 is 0. The molecule has 0 heteroatoms. The highest BCUT2D eigenvalue weighted by Crippen LogP contribution is 2.44. The highest BCUT2D eigenvalue weighted by molar-refractivity contribution is 5.81. The summed E-state index contributed by atoms with van der Waals surface area (Å²) in [5.41, 5.74) is 7.16. The topological polar surface area (TPSA) is 0 Å². The molecule has 4 rings (SSSR count). The van der Waals surface area contributed by atoms with E-state index in [-0.39, 0.29) is 0 Å². The number of benzene rings is 2. The van der Waals surface area contributed by atoms with Gasteiger partial charge in [0.15, 0.2) is 0 Å². The van der Waals surface area contributed by atoms with Gasteiger partial charge in [-0.05, 0) is 40.7 Å². The third kappa shape index (κ3) is 2.35. The van der Waals surface area contributed by atoms with Crippen LogP contribution in [0.2, 0.25) is 0 Å². The molecule has 1 unspecified atom stereocenters. The Balaban J connectivity index is 1.90. The first-order chi connectivity index (χ1) is 10.9. The van der Waals surface area contributed by atoms with Gasteiger partial charge in [0.25, 0.3) is 0 Å². The van der Waals surface area contributed by atoms with E-state index in [1.165, 1.54) is 34.3 Å². The van der Waals surface area contributed by atoms with Gasteiger partial charge >= 0.3 is 0 Å². The lowest BCUT2D eigenvalue weighted by molar-refractivity contribution is 0.722. The van der Waals surface area contributed by atoms with E-state index >= 15 is 0 Å². The van der Waals surface area contributed by atoms with Crippen LogP contribution in [0.15, 0.2) is 84.5 Å². The van der Waals surface area contributed by atoms with E-state index in [4.69, 9.17) is 0 Å². The molecule has 0 fully saturated rings. The highest BCUT2D eigenvalue weighted by atomic mass is 14.3. The fraction of sp³-hybridized carbons (Fsp3) is 0.136. The van der Waals surface area contributed by atoms with E-state index in [2.05, 4.69) is 85.3 Å². The number of hydrogen-bond donors (Lipinski definition) is 0. The van der Waals surface area contributed by atoms with Crippen LogP contribution in [-0.4, -0.2) is 0 Å². The van der Waals surface area contributed by atoms with Gasteiger partial charge in [-0.3, -0.25) is 0 Å². The molecule has 0 saturated carbocycles. The van der Waals surface area contributed by atoms with Crippen LogP contribution in [0.4, 0.5) is 0 Å². The molecule has 107 valence electrons. The van der Waals surface area contributed by atoms with E-state index < -0.39 is 0 Å². The predicted molar refractivity (Wildman–Crippen MR) is 93.4 cm³/mol. The summed E-state index contributed by atoms with van der Waals surface area (Å²) in [6.45, 7) is 0. The molecule has 0 nitrogen and oxygen atoms in total. The number of fused-ring (bicyclic) bond motifs is 1. The standard InChI is InChI=1S/C22H19/c1-3-9-17(10-4-1)21-16-15-18-11-7-8-14-20(18)22(21)19-12-5-2-6-13-19/h1-14,21H,15-16H2. The summed E-state index contributed by atoms with van der Waals surface area (Å²) in [7, 11) is 0. The first-order valence-corrected chi connectivity index (χ1v) is 7.99. The molecule has 22 heavy (non-hydrogen) atoms. The minimum absolute atomic E-state index is 0.485. The zero-order chi connectivity index (χ0) is 14.8. The van der Waals surface area contributed by atoms with Crippen molar-refractivity contribution >= 4 is 5.57 Å². The van der Waals surface area contributed by atoms with Crippen molar-refractivity contribution in [2.45, 2.75) is 18.8 Å². The average molecular weight is 283 g/mol. The summed E-state index contributed by atoms with van der Waals surface area (Å²) in [6.07, 6.45) is 13.2. The monoisotopic (exact) mass is 283 g/mol. The van der Waals surface area contributed by atoms with E-state index in [0.717, 1.165) is 6.42 Å². The summed E-state index contributed by atoms with van der Waals surface area (Å²) in [5.74, 6) is 0.485. The molecule has 0 amide bonds. The maximum Gasteiger partial charge on any atom is 0.0128 e. The van der Waals surface area contributed by atoms with Crippen LogP contribution < -0.4 is 0 Å². The van der Waals surface area contributed by atoms with Crippen molar-refractivity contribution in [2.75, 3.05) is 0 Å². The third-order valence-corrected chi connectivity index (χ3v) is 4.65. The summed E-state index contributed by atoms with van der Waals surface area (Å²) in [5, 5.41) is 0. The average Bonchev–Trinajstić information content (AvgIpc) is 2.62. The molecular weight excluding hydrogens is 264 g/mol. The normalized spacial score (nSPS) is 23.4. The van der Waals surface area contributed by atoms with Crippen molar-refractivity contribution in [1.29, 1.82) is 0 Å². The van der Waals surface area contributed by atoms with Gasteiger partial charge in [-0.1, -0.05) is 78.9 Å². The molecule has 2 aromatic rings. The molecule has 2 aliphatic carbocycles. The molecule has 0 N–H and O–H groups in total. The van der Waals surface area contributed by atoms with Crippen molar-refractivity contribution in [2.24, 2.45) is 0 Å².